The average Bonchev–Trinajstić information content (AvgIpc) is 2.77. The Morgan fingerprint density at radius 3 is 2.78 bits per heavy atom. The van der Waals surface area contributed by atoms with Crippen LogP contribution in [0.5, 0.6) is 0 Å². The van der Waals surface area contributed by atoms with Crippen LogP contribution in [0, 0.1) is 6.92 Å². The van der Waals surface area contributed by atoms with Crippen LogP contribution in [0.2, 0.25) is 0 Å². The van der Waals surface area contributed by atoms with Crippen LogP contribution >= 0.6 is 0 Å². The first-order valence-electron chi connectivity index (χ1n) is 6.51. The predicted octanol–water partition coefficient (Wildman–Crippen LogP) is 0.741. The lowest BCUT2D eigenvalue weighted by atomic mass is 10.1. The van der Waals surface area contributed by atoms with E-state index in [4.69, 9.17) is 14.3 Å². The van der Waals surface area contributed by atoms with Crippen molar-refractivity contribution < 1.29 is 14.3 Å². The van der Waals surface area contributed by atoms with Gasteiger partial charge in [-0.2, -0.15) is 0 Å². The Labute approximate surface area is 107 Å². The van der Waals surface area contributed by atoms with E-state index in [2.05, 4.69) is 15.1 Å². The zero-order valence-corrected chi connectivity index (χ0v) is 10.8. The van der Waals surface area contributed by atoms with Crippen molar-refractivity contribution in [1.29, 1.82) is 0 Å². The monoisotopic (exact) mass is 255 g/mol. The number of aliphatic hydroxyl groups is 1. The number of hydrogen-bond donors (Lipinski definition) is 1. The zero-order chi connectivity index (χ0) is 12.8. The van der Waals surface area contributed by atoms with Crippen LogP contribution in [0.4, 0.5) is 0 Å². The lowest BCUT2D eigenvalue weighted by Crippen LogP contribution is -2.36. The molecule has 0 aromatic carbocycles. The molecule has 1 saturated heterocycles. The molecule has 0 radical (unpaired) electrons. The third kappa shape index (κ3) is 4.04. The third-order valence-corrected chi connectivity index (χ3v) is 3.12. The molecule has 0 unspecified atom stereocenters. The van der Waals surface area contributed by atoms with Crippen molar-refractivity contribution in [3.05, 3.63) is 11.8 Å². The first-order chi connectivity index (χ1) is 8.78. The van der Waals surface area contributed by atoms with E-state index in [0.717, 1.165) is 38.9 Å². The van der Waals surface area contributed by atoms with E-state index in [1.807, 2.05) is 0 Å². The van der Waals surface area contributed by atoms with Gasteiger partial charge < -0.3 is 14.3 Å². The molecule has 102 valence electrons. The summed E-state index contributed by atoms with van der Waals surface area (Å²) in [5.74, 6) is 1.30. The molecule has 1 fully saturated rings. The fourth-order valence-corrected chi connectivity index (χ4v) is 2.14. The maximum absolute atomic E-state index is 8.69. The Kier molecular flexibility index (Phi) is 5.10. The summed E-state index contributed by atoms with van der Waals surface area (Å²) in [6.07, 6.45) is 3.11. The number of piperidine rings is 1. The number of aromatic nitrogens is 2. The van der Waals surface area contributed by atoms with Gasteiger partial charge in [0.05, 0.1) is 12.6 Å². The first-order valence-corrected chi connectivity index (χ1v) is 6.51. The molecule has 1 aromatic rings. The number of likely N-dealkylation sites (tertiary alicyclic amines) is 1. The van der Waals surface area contributed by atoms with Gasteiger partial charge in [-0.3, -0.25) is 4.90 Å². The van der Waals surface area contributed by atoms with Gasteiger partial charge in [-0.1, -0.05) is 0 Å². The van der Waals surface area contributed by atoms with Crippen LogP contribution in [0.1, 0.15) is 31.0 Å². The summed E-state index contributed by atoms with van der Waals surface area (Å²) in [4.78, 5) is 2.30. The minimum Gasteiger partial charge on any atom is -0.424 e. The lowest BCUT2D eigenvalue weighted by molar-refractivity contribution is -0.000635. The fraction of sp³-hybridized carbons (Fsp3) is 0.833. The summed E-state index contributed by atoms with van der Waals surface area (Å²) < 4.78 is 11.1. The Bertz CT molecular complexity index is 348. The molecule has 2 heterocycles. The third-order valence-electron chi connectivity index (χ3n) is 3.12. The number of hydrogen-bond acceptors (Lipinski definition) is 6. The minimum atomic E-state index is 0.204. The van der Waals surface area contributed by atoms with E-state index in [0.29, 0.717) is 24.5 Å². The van der Waals surface area contributed by atoms with Crippen LogP contribution in [0.3, 0.4) is 0 Å². The van der Waals surface area contributed by atoms with Gasteiger partial charge in [-0.15, -0.1) is 10.2 Å². The molecule has 1 aliphatic heterocycles. The average molecular weight is 255 g/mol. The van der Waals surface area contributed by atoms with E-state index >= 15 is 0 Å². The summed E-state index contributed by atoms with van der Waals surface area (Å²) >= 11 is 0. The largest absolute Gasteiger partial charge is 0.424 e. The van der Waals surface area contributed by atoms with Crippen molar-refractivity contribution >= 4 is 0 Å². The molecule has 1 aromatic heterocycles. The lowest BCUT2D eigenvalue weighted by Gasteiger charge is -2.30. The summed E-state index contributed by atoms with van der Waals surface area (Å²) in [5.41, 5.74) is 0. The molecule has 0 saturated carbocycles. The van der Waals surface area contributed by atoms with E-state index < -0.39 is 0 Å². The Balaban J connectivity index is 1.67. The number of rotatable bonds is 6. The standard InChI is InChI=1S/C12H21N3O3/c1-10-13-14-12(18-10)9-15-5-3-11(4-6-15)17-8-2-7-16/h11,16H,2-9H2,1H3. The second-order valence-electron chi connectivity index (χ2n) is 4.64. The van der Waals surface area contributed by atoms with Gasteiger partial charge in [0.15, 0.2) is 0 Å². The number of aliphatic hydroxyl groups excluding tert-OH is 1. The van der Waals surface area contributed by atoms with Crippen LogP contribution < -0.4 is 0 Å². The van der Waals surface area contributed by atoms with E-state index in [-0.39, 0.29) is 6.61 Å². The van der Waals surface area contributed by atoms with Crippen LogP contribution in [0.25, 0.3) is 0 Å². The maximum Gasteiger partial charge on any atom is 0.230 e. The molecule has 0 aliphatic carbocycles. The van der Waals surface area contributed by atoms with Crippen molar-refractivity contribution in [2.24, 2.45) is 0 Å². The normalized spacial score (nSPS) is 18.3. The van der Waals surface area contributed by atoms with Gasteiger partial charge in [-0.25, -0.2) is 0 Å². The summed E-state index contributed by atoms with van der Waals surface area (Å²) in [5, 5.41) is 16.5. The van der Waals surface area contributed by atoms with Crippen molar-refractivity contribution in [3.63, 3.8) is 0 Å². The second-order valence-corrected chi connectivity index (χ2v) is 4.64. The molecule has 2 rings (SSSR count). The molecule has 1 aliphatic rings. The molecule has 1 N–H and O–H groups in total. The molecule has 0 spiro atoms. The van der Waals surface area contributed by atoms with Crippen LogP contribution in [0.15, 0.2) is 4.42 Å². The number of nitrogens with zero attached hydrogens (tertiary/aromatic N) is 3. The van der Waals surface area contributed by atoms with Gasteiger partial charge in [0.25, 0.3) is 0 Å². The Morgan fingerprint density at radius 2 is 2.17 bits per heavy atom. The molecular formula is C12H21N3O3. The van der Waals surface area contributed by atoms with E-state index in [1.54, 1.807) is 6.92 Å². The molecular weight excluding hydrogens is 234 g/mol. The van der Waals surface area contributed by atoms with Crippen LogP contribution in [-0.2, 0) is 11.3 Å². The maximum atomic E-state index is 8.69. The van der Waals surface area contributed by atoms with Crippen molar-refractivity contribution in [2.75, 3.05) is 26.3 Å². The van der Waals surface area contributed by atoms with Gasteiger partial charge in [-0.05, 0) is 19.3 Å². The van der Waals surface area contributed by atoms with Gasteiger partial charge in [0, 0.05) is 33.2 Å². The highest BCUT2D eigenvalue weighted by Gasteiger charge is 2.20. The van der Waals surface area contributed by atoms with Crippen molar-refractivity contribution in [1.82, 2.24) is 15.1 Å². The number of ether oxygens (including phenoxy) is 1. The molecule has 0 amide bonds. The summed E-state index contributed by atoms with van der Waals surface area (Å²) in [6.45, 7) is 5.37. The van der Waals surface area contributed by atoms with E-state index in [1.165, 1.54) is 0 Å². The highest BCUT2D eigenvalue weighted by Crippen LogP contribution is 2.16. The second kappa shape index (κ2) is 6.82. The smallest absolute Gasteiger partial charge is 0.230 e. The SMILES string of the molecule is Cc1nnc(CN2CCC(OCCCO)CC2)o1. The van der Waals surface area contributed by atoms with Crippen LogP contribution in [-0.4, -0.2) is 52.6 Å². The van der Waals surface area contributed by atoms with Gasteiger partial charge in [0.2, 0.25) is 11.8 Å². The fourth-order valence-electron chi connectivity index (χ4n) is 2.14. The molecule has 6 heteroatoms. The number of aryl methyl sites for hydroxylation is 1. The van der Waals surface area contributed by atoms with Gasteiger partial charge >= 0.3 is 0 Å². The van der Waals surface area contributed by atoms with E-state index in [9.17, 15) is 0 Å². The molecule has 0 atom stereocenters. The Hall–Kier alpha value is -0.980. The Morgan fingerprint density at radius 1 is 1.39 bits per heavy atom. The predicted molar refractivity (Wildman–Crippen MR) is 65.0 cm³/mol. The van der Waals surface area contributed by atoms with Crippen molar-refractivity contribution in [3.8, 4) is 0 Å². The minimum absolute atomic E-state index is 0.204. The molecule has 6 nitrogen and oxygen atoms in total. The topological polar surface area (TPSA) is 71.6 Å². The summed E-state index contributed by atoms with van der Waals surface area (Å²) in [6, 6.07) is 0. The highest BCUT2D eigenvalue weighted by molar-refractivity contribution is 4.81. The van der Waals surface area contributed by atoms with Gasteiger partial charge in [0.1, 0.15) is 0 Å². The van der Waals surface area contributed by atoms with Crippen molar-refractivity contribution in [2.45, 2.75) is 38.8 Å². The highest BCUT2D eigenvalue weighted by atomic mass is 16.5. The molecule has 18 heavy (non-hydrogen) atoms. The summed E-state index contributed by atoms with van der Waals surface area (Å²) in [7, 11) is 0. The first kappa shape index (κ1) is 13.5. The zero-order valence-electron chi connectivity index (χ0n) is 10.8. The quantitative estimate of drug-likeness (QED) is 0.756. The molecule has 0 bridgehead atoms.